The molecule has 3 atom stereocenters. The second-order valence-corrected chi connectivity index (χ2v) is 7.89. The number of fused-ring (bicyclic) bond motifs is 4. The number of esters is 1. The van der Waals surface area contributed by atoms with Gasteiger partial charge in [-0.05, 0) is 42.3 Å². The molecule has 33 heavy (non-hydrogen) atoms. The Morgan fingerprint density at radius 3 is 2.36 bits per heavy atom. The first kappa shape index (κ1) is 21.2. The zero-order valence-corrected chi connectivity index (χ0v) is 18.9. The molecule has 2 aromatic rings. The summed E-state index contributed by atoms with van der Waals surface area (Å²) in [6.45, 7) is 2.49. The van der Waals surface area contributed by atoms with Crippen LogP contribution in [0.25, 0.3) is 0 Å². The summed E-state index contributed by atoms with van der Waals surface area (Å²) in [5.41, 5.74) is 3.26. The van der Waals surface area contributed by atoms with Crippen LogP contribution in [0.15, 0.2) is 29.4 Å². The highest BCUT2D eigenvalue weighted by Gasteiger charge is 2.50. The van der Waals surface area contributed by atoms with Crippen LogP contribution in [-0.4, -0.2) is 53.0 Å². The number of carbonyl (C=O) groups is 1. The van der Waals surface area contributed by atoms with Gasteiger partial charge in [0.05, 0.1) is 45.5 Å². The van der Waals surface area contributed by atoms with E-state index in [-0.39, 0.29) is 31.9 Å². The van der Waals surface area contributed by atoms with Crippen LogP contribution in [0.3, 0.4) is 0 Å². The van der Waals surface area contributed by atoms with Crippen LogP contribution in [0.1, 0.15) is 29.5 Å². The summed E-state index contributed by atoms with van der Waals surface area (Å²) in [4.78, 5) is 18.8. The summed E-state index contributed by atoms with van der Waals surface area (Å²) in [5, 5.41) is 4.28. The van der Waals surface area contributed by atoms with Crippen LogP contribution in [0.4, 0.5) is 0 Å². The molecule has 2 heterocycles. The van der Waals surface area contributed by atoms with E-state index < -0.39 is 11.8 Å². The minimum atomic E-state index is -0.568. The largest absolute Gasteiger partial charge is 0.493 e. The van der Waals surface area contributed by atoms with E-state index in [1.54, 1.807) is 28.3 Å². The lowest BCUT2D eigenvalue weighted by Gasteiger charge is -2.36. The molecule has 2 aliphatic heterocycles. The lowest BCUT2D eigenvalue weighted by molar-refractivity contribution is -0.150. The number of oxime groups is 1. The lowest BCUT2D eigenvalue weighted by atomic mass is 9.65. The van der Waals surface area contributed by atoms with E-state index in [2.05, 4.69) is 5.16 Å². The number of benzene rings is 2. The Morgan fingerprint density at radius 1 is 1.03 bits per heavy atom. The zero-order chi connectivity index (χ0) is 23.1. The topological polar surface area (TPSA) is 94.0 Å². The van der Waals surface area contributed by atoms with Gasteiger partial charge in [-0.1, -0.05) is 5.16 Å². The summed E-state index contributed by atoms with van der Waals surface area (Å²) in [7, 11) is 4.68. The molecule has 0 saturated carbocycles. The van der Waals surface area contributed by atoms with Gasteiger partial charge < -0.3 is 33.3 Å². The van der Waals surface area contributed by atoms with Crippen LogP contribution in [-0.2, 0) is 14.4 Å². The maximum Gasteiger partial charge on any atom is 0.310 e. The van der Waals surface area contributed by atoms with Crippen molar-refractivity contribution in [2.24, 2.45) is 17.0 Å². The van der Waals surface area contributed by atoms with Crippen LogP contribution < -0.4 is 23.7 Å². The predicted molar refractivity (Wildman–Crippen MR) is 117 cm³/mol. The Morgan fingerprint density at radius 2 is 1.73 bits per heavy atom. The highest BCUT2D eigenvalue weighted by atomic mass is 16.7. The van der Waals surface area contributed by atoms with Gasteiger partial charge in [0.2, 0.25) is 12.5 Å². The summed E-state index contributed by atoms with van der Waals surface area (Å²) in [6, 6.07) is 7.55. The monoisotopic (exact) mass is 455 g/mol. The third kappa shape index (κ3) is 3.30. The number of rotatable bonds is 6. The molecular weight excluding hydrogens is 430 g/mol. The number of carbonyl (C=O) groups excluding carboxylic acids is 1. The highest BCUT2D eigenvalue weighted by molar-refractivity contribution is 6.08. The first-order valence-corrected chi connectivity index (χ1v) is 10.7. The van der Waals surface area contributed by atoms with E-state index >= 15 is 0 Å². The molecule has 0 N–H and O–H groups in total. The second-order valence-electron chi connectivity index (χ2n) is 7.89. The van der Waals surface area contributed by atoms with E-state index in [0.29, 0.717) is 34.5 Å². The van der Waals surface area contributed by atoms with Gasteiger partial charge in [0, 0.05) is 11.5 Å². The summed E-state index contributed by atoms with van der Waals surface area (Å²) in [5.74, 6) is 1.17. The first-order valence-electron chi connectivity index (χ1n) is 10.7. The fourth-order valence-corrected chi connectivity index (χ4v) is 4.93. The normalized spacial score (nSPS) is 21.9. The first-order chi connectivity index (χ1) is 16.1. The van der Waals surface area contributed by atoms with Crippen molar-refractivity contribution in [1.29, 1.82) is 0 Å². The van der Waals surface area contributed by atoms with Gasteiger partial charge in [-0.3, -0.25) is 4.79 Å². The molecule has 3 aliphatic rings. The van der Waals surface area contributed by atoms with Crippen molar-refractivity contribution in [3.63, 3.8) is 0 Å². The molecule has 0 saturated heterocycles. The molecule has 0 unspecified atom stereocenters. The minimum Gasteiger partial charge on any atom is -0.493 e. The fourth-order valence-electron chi connectivity index (χ4n) is 4.93. The van der Waals surface area contributed by atoms with Crippen molar-refractivity contribution >= 4 is 11.7 Å². The average molecular weight is 455 g/mol. The number of methoxy groups -OCH3 is 3. The minimum absolute atomic E-state index is 0.140. The Balaban J connectivity index is 1.76. The van der Waals surface area contributed by atoms with Gasteiger partial charge >= 0.3 is 5.97 Å². The summed E-state index contributed by atoms with van der Waals surface area (Å²) < 4.78 is 33.4. The van der Waals surface area contributed by atoms with E-state index in [1.807, 2.05) is 24.3 Å². The molecule has 9 heteroatoms. The fraction of sp³-hybridized carbons (Fsp3) is 0.417. The smallest absolute Gasteiger partial charge is 0.310 e. The Hall–Kier alpha value is -3.62. The van der Waals surface area contributed by atoms with Crippen LogP contribution in [0.2, 0.25) is 0 Å². The van der Waals surface area contributed by atoms with Crippen LogP contribution in [0, 0.1) is 11.8 Å². The van der Waals surface area contributed by atoms with Crippen molar-refractivity contribution < 1.29 is 38.1 Å². The average Bonchev–Trinajstić information content (AvgIpc) is 3.50. The molecule has 2 aromatic carbocycles. The third-order valence-corrected chi connectivity index (χ3v) is 6.32. The molecular formula is C24H25NO8. The maximum absolute atomic E-state index is 13.3. The molecule has 0 bridgehead atoms. The standard InChI is InChI=1S/C24H25NO8/c1-5-30-24(26)21-15-10-33-25-22(15)14-9-17-16(31-11-32-17)8-13(14)20(21)12-6-18(27-2)23(29-4)19(7-12)28-3/h6-9,15,20-21H,5,10-11H2,1-4H3/t15-,20+,21-/m0/s1. The van der Waals surface area contributed by atoms with Crippen molar-refractivity contribution in [1.82, 2.24) is 0 Å². The van der Waals surface area contributed by atoms with E-state index in [4.69, 9.17) is 33.3 Å². The molecule has 9 nitrogen and oxygen atoms in total. The van der Waals surface area contributed by atoms with Gasteiger partial charge in [0.25, 0.3) is 0 Å². The summed E-state index contributed by atoms with van der Waals surface area (Å²) in [6.07, 6.45) is 0. The third-order valence-electron chi connectivity index (χ3n) is 6.32. The molecule has 1 aliphatic carbocycles. The van der Waals surface area contributed by atoms with Crippen LogP contribution in [0.5, 0.6) is 28.7 Å². The molecule has 0 spiro atoms. The molecule has 0 fully saturated rings. The van der Waals surface area contributed by atoms with E-state index in [9.17, 15) is 4.79 Å². The highest BCUT2D eigenvalue weighted by Crippen LogP contribution is 2.52. The van der Waals surface area contributed by atoms with Crippen molar-refractivity contribution in [3.8, 4) is 28.7 Å². The van der Waals surface area contributed by atoms with Crippen molar-refractivity contribution in [2.75, 3.05) is 41.3 Å². The van der Waals surface area contributed by atoms with Gasteiger partial charge in [-0.25, -0.2) is 0 Å². The number of hydrogen-bond acceptors (Lipinski definition) is 9. The SMILES string of the molecule is CCOC(=O)[C@@H]1[C@H](c2cc(OC)c(OC)c(OC)c2)c2cc3c(cc2C2=NOC[C@H]21)OCO3. The Kier molecular flexibility index (Phi) is 5.39. The zero-order valence-electron chi connectivity index (χ0n) is 18.9. The maximum atomic E-state index is 13.3. The molecule has 0 amide bonds. The van der Waals surface area contributed by atoms with Gasteiger partial charge in [0.1, 0.15) is 6.61 Å². The quantitative estimate of drug-likeness (QED) is 0.614. The molecule has 0 radical (unpaired) electrons. The molecule has 0 aromatic heterocycles. The van der Waals surface area contributed by atoms with Gasteiger partial charge in [-0.2, -0.15) is 0 Å². The number of hydrogen-bond donors (Lipinski definition) is 0. The number of ether oxygens (including phenoxy) is 6. The Labute approximate surface area is 191 Å². The Bertz CT molecular complexity index is 1100. The van der Waals surface area contributed by atoms with E-state index in [1.165, 1.54) is 0 Å². The van der Waals surface area contributed by atoms with Crippen molar-refractivity contribution in [2.45, 2.75) is 12.8 Å². The number of nitrogens with zero attached hydrogens (tertiary/aromatic N) is 1. The molecule has 174 valence electrons. The van der Waals surface area contributed by atoms with Gasteiger partial charge in [0.15, 0.2) is 23.0 Å². The van der Waals surface area contributed by atoms with Crippen LogP contribution >= 0.6 is 0 Å². The van der Waals surface area contributed by atoms with E-state index in [0.717, 1.165) is 16.7 Å². The predicted octanol–water partition coefficient (Wildman–Crippen LogP) is 3.12. The lowest BCUT2D eigenvalue weighted by Crippen LogP contribution is -2.41. The molecule has 5 rings (SSSR count). The second kappa shape index (κ2) is 8.38. The van der Waals surface area contributed by atoms with Gasteiger partial charge in [-0.15, -0.1) is 0 Å². The summed E-state index contributed by atoms with van der Waals surface area (Å²) >= 11 is 0. The van der Waals surface area contributed by atoms with Crippen molar-refractivity contribution in [3.05, 3.63) is 41.0 Å².